The van der Waals surface area contributed by atoms with E-state index in [0.717, 1.165) is 31.5 Å². The van der Waals surface area contributed by atoms with Gasteiger partial charge in [0.1, 0.15) is 0 Å². The van der Waals surface area contributed by atoms with Crippen LogP contribution in [0.2, 0.25) is 0 Å². The predicted octanol–water partition coefficient (Wildman–Crippen LogP) is 2.20. The van der Waals surface area contributed by atoms with Gasteiger partial charge in [-0.25, -0.2) is 0 Å². The molecule has 0 N–H and O–H groups in total. The van der Waals surface area contributed by atoms with Gasteiger partial charge < -0.3 is 4.90 Å². The summed E-state index contributed by atoms with van der Waals surface area (Å²) in [5.41, 5.74) is 1.15. The van der Waals surface area contributed by atoms with Crippen molar-refractivity contribution in [1.29, 1.82) is 0 Å². The molecule has 3 nitrogen and oxygen atoms in total. The highest BCUT2D eigenvalue weighted by atomic mass is 16.2. The van der Waals surface area contributed by atoms with Crippen LogP contribution in [0.1, 0.15) is 37.7 Å². The topological polar surface area (TPSA) is 33.2 Å². The molecule has 3 heteroatoms. The number of aromatic nitrogens is 1. The van der Waals surface area contributed by atoms with Crippen molar-refractivity contribution in [2.24, 2.45) is 0 Å². The Morgan fingerprint density at radius 3 is 2.88 bits per heavy atom. The zero-order valence-corrected chi connectivity index (χ0v) is 9.72. The van der Waals surface area contributed by atoms with Gasteiger partial charge in [-0.3, -0.25) is 9.78 Å². The van der Waals surface area contributed by atoms with Gasteiger partial charge in [-0.05, 0) is 30.4 Å². The first kappa shape index (κ1) is 11.1. The van der Waals surface area contributed by atoms with Gasteiger partial charge in [-0.2, -0.15) is 0 Å². The fraction of sp³-hybridized carbons (Fsp3) is 0.538. The molecule has 86 valence electrons. The molecule has 1 saturated heterocycles. The fourth-order valence-electron chi connectivity index (χ4n) is 2.14. The first-order chi connectivity index (χ1) is 7.77. The van der Waals surface area contributed by atoms with Crippen molar-refractivity contribution in [3.05, 3.63) is 30.1 Å². The van der Waals surface area contributed by atoms with E-state index >= 15 is 0 Å². The summed E-state index contributed by atoms with van der Waals surface area (Å²) in [6, 6.07) is 3.96. The minimum absolute atomic E-state index is 0.266. The highest BCUT2D eigenvalue weighted by Gasteiger charge is 2.20. The van der Waals surface area contributed by atoms with Crippen LogP contribution < -0.4 is 0 Å². The third kappa shape index (κ3) is 2.60. The van der Waals surface area contributed by atoms with Crippen molar-refractivity contribution in [2.45, 2.75) is 32.1 Å². The van der Waals surface area contributed by atoms with Crippen LogP contribution in [0.5, 0.6) is 0 Å². The van der Waals surface area contributed by atoms with Gasteiger partial charge in [0.25, 0.3) is 0 Å². The number of likely N-dealkylation sites (tertiary alicyclic amines) is 1. The number of carbonyl (C=O) groups excluding carboxylic acids is 1. The van der Waals surface area contributed by atoms with Gasteiger partial charge in [-0.1, -0.05) is 13.0 Å². The Bertz CT molecular complexity index is 344. The molecule has 1 aromatic rings. The van der Waals surface area contributed by atoms with Crippen LogP contribution in [0.3, 0.4) is 0 Å². The lowest BCUT2D eigenvalue weighted by molar-refractivity contribution is -0.130. The Labute approximate surface area is 96.5 Å². The molecular weight excluding hydrogens is 200 g/mol. The molecule has 1 amide bonds. The zero-order chi connectivity index (χ0) is 11.4. The van der Waals surface area contributed by atoms with Crippen LogP contribution >= 0.6 is 0 Å². The molecule has 0 bridgehead atoms. The van der Waals surface area contributed by atoms with Crippen molar-refractivity contribution in [3.63, 3.8) is 0 Å². The van der Waals surface area contributed by atoms with Crippen LogP contribution in [-0.2, 0) is 4.79 Å². The molecule has 1 atom stereocenters. The second-order valence-electron chi connectivity index (χ2n) is 4.48. The van der Waals surface area contributed by atoms with Crippen LogP contribution in [0.15, 0.2) is 24.5 Å². The summed E-state index contributed by atoms with van der Waals surface area (Å²) in [4.78, 5) is 18.0. The van der Waals surface area contributed by atoms with Crippen LogP contribution in [-0.4, -0.2) is 28.9 Å². The summed E-state index contributed by atoms with van der Waals surface area (Å²) in [6.45, 7) is 3.97. The minimum atomic E-state index is 0.266. The molecule has 16 heavy (non-hydrogen) atoms. The van der Waals surface area contributed by atoms with Crippen molar-refractivity contribution in [1.82, 2.24) is 9.88 Å². The summed E-state index contributed by atoms with van der Waals surface area (Å²) in [7, 11) is 0. The molecule has 1 aromatic heterocycles. The van der Waals surface area contributed by atoms with Crippen molar-refractivity contribution in [3.8, 4) is 0 Å². The number of rotatable bonds is 3. The summed E-state index contributed by atoms with van der Waals surface area (Å²) in [5.74, 6) is 0.552. The van der Waals surface area contributed by atoms with Crippen molar-refractivity contribution >= 4 is 5.91 Å². The summed E-state index contributed by atoms with van der Waals surface area (Å²) in [5, 5.41) is 0. The van der Waals surface area contributed by atoms with E-state index in [-0.39, 0.29) is 11.8 Å². The van der Waals surface area contributed by atoms with Crippen LogP contribution in [0.25, 0.3) is 0 Å². The zero-order valence-electron chi connectivity index (χ0n) is 9.72. The predicted molar refractivity (Wildman–Crippen MR) is 63.1 cm³/mol. The third-order valence-corrected chi connectivity index (χ3v) is 3.19. The lowest BCUT2D eigenvalue weighted by Gasteiger charge is -2.18. The van der Waals surface area contributed by atoms with E-state index in [2.05, 4.69) is 11.9 Å². The summed E-state index contributed by atoms with van der Waals surface area (Å²) < 4.78 is 0. The van der Waals surface area contributed by atoms with Gasteiger partial charge in [0, 0.05) is 31.9 Å². The maximum Gasteiger partial charge on any atom is 0.223 e. The molecule has 1 aliphatic heterocycles. The van der Waals surface area contributed by atoms with Crippen molar-refractivity contribution in [2.75, 3.05) is 13.1 Å². The first-order valence-corrected chi connectivity index (χ1v) is 5.95. The lowest BCUT2D eigenvalue weighted by Crippen LogP contribution is -2.28. The molecule has 0 aliphatic carbocycles. The third-order valence-electron chi connectivity index (χ3n) is 3.19. The molecule has 1 fully saturated rings. The van der Waals surface area contributed by atoms with Crippen LogP contribution in [0, 0.1) is 0 Å². The monoisotopic (exact) mass is 218 g/mol. The van der Waals surface area contributed by atoms with Gasteiger partial charge in [0.2, 0.25) is 5.91 Å². The van der Waals surface area contributed by atoms with E-state index < -0.39 is 0 Å². The van der Waals surface area contributed by atoms with E-state index in [1.165, 1.54) is 0 Å². The van der Waals surface area contributed by atoms with Crippen LogP contribution in [0.4, 0.5) is 0 Å². The highest BCUT2D eigenvalue weighted by molar-refractivity contribution is 5.77. The second-order valence-corrected chi connectivity index (χ2v) is 4.48. The first-order valence-electron chi connectivity index (χ1n) is 5.95. The van der Waals surface area contributed by atoms with E-state index in [9.17, 15) is 4.79 Å². The highest BCUT2D eigenvalue weighted by Crippen LogP contribution is 2.20. The summed E-state index contributed by atoms with van der Waals surface area (Å²) in [6.07, 6.45) is 6.53. The smallest absolute Gasteiger partial charge is 0.223 e. The molecular formula is C13H18N2O. The summed E-state index contributed by atoms with van der Waals surface area (Å²) >= 11 is 0. The number of amides is 1. The maximum absolute atomic E-state index is 11.9. The Hall–Kier alpha value is -1.38. The SMILES string of the molecule is CC(CC(=O)N1CCCC1)c1cccnc1. The van der Waals surface area contributed by atoms with E-state index in [1.54, 1.807) is 6.20 Å². The normalized spacial score (nSPS) is 17.4. The largest absolute Gasteiger partial charge is 0.343 e. The quantitative estimate of drug-likeness (QED) is 0.779. The van der Waals surface area contributed by atoms with Gasteiger partial charge >= 0.3 is 0 Å². The molecule has 1 unspecified atom stereocenters. The number of hydrogen-bond acceptors (Lipinski definition) is 2. The molecule has 0 radical (unpaired) electrons. The number of pyridine rings is 1. The Kier molecular flexibility index (Phi) is 3.54. The lowest BCUT2D eigenvalue weighted by atomic mass is 9.99. The number of hydrogen-bond donors (Lipinski definition) is 0. The molecule has 0 spiro atoms. The molecule has 0 saturated carbocycles. The van der Waals surface area contributed by atoms with E-state index in [0.29, 0.717) is 6.42 Å². The Morgan fingerprint density at radius 1 is 1.50 bits per heavy atom. The minimum Gasteiger partial charge on any atom is -0.343 e. The van der Waals surface area contributed by atoms with Gasteiger partial charge in [0.15, 0.2) is 0 Å². The molecule has 0 aromatic carbocycles. The standard InChI is InChI=1S/C13H18N2O/c1-11(12-5-4-6-14-10-12)9-13(16)15-7-2-3-8-15/h4-6,10-11H,2-3,7-9H2,1H3. The Balaban J connectivity index is 1.92. The maximum atomic E-state index is 11.9. The van der Waals surface area contributed by atoms with Crippen molar-refractivity contribution < 1.29 is 4.79 Å². The molecule has 2 rings (SSSR count). The average Bonchev–Trinajstić information content (AvgIpc) is 2.83. The van der Waals surface area contributed by atoms with Gasteiger partial charge in [0.05, 0.1) is 0 Å². The Morgan fingerprint density at radius 2 is 2.25 bits per heavy atom. The fourth-order valence-corrected chi connectivity index (χ4v) is 2.14. The van der Waals surface area contributed by atoms with E-state index in [1.807, 2.05) is 23.2 Å². The second kappa shape index (κ2) is 5.10. The molecule has 2 heterocycles. The number of carbonyl (C=O) groups is 1. The average molecular weight is 218 g/mol. The molecule has 1 aliphatic rings. The van der Waals surface area contributed by atoms with Gasteiger partial charge in [-0.15, -0.1) is 0 Å². The number of nitrogens with zero attached hydrogens (tertiary/aromatic N) is 2. The van der Waals surface area contributed by atoms with E-state index in [4.69, 9.17) is 0 Å².